The van der Waals surface area contributed by atoms with E-state index in [1.54, 1.807) is 12.1 Å². The van der Waals surface area contributed by atoms with Crippen molar-refractivity contribution in [1.29, 1.82) is 0 Å². The normalized spacial score (nSPS) is 17.3. The fourth-order valence-electron chi connectivity index (χ4n) is 4.43. The molecule has 4 rings (SSSR count). The highest BCUT2D eigenvalue weighted by Gasteiger charge is 2.47. The van der Waals surface area contributed by atoms with Gasteiger partial charge in [0.25, 0.3) is 5.69 Å². The smallest absolute Gasteiger partial charge is 0.407 e. The van der Waals surface area contributed by atoms with E-state index in [1.807, 2.05) is 45.0 Å². The molecule has 2 N–H and O–H groups in total. The lowest BCUT2D eigenvalue weighted by Crippen LogP contribution is -2.63. The number of carboxylic acid groups (broad SMARTS) is 1. The summed E-state index contributed by atoms with van der Waals surface area (Å²) in [7, 11) is 0. The largest absolute Gasteiger partial charge is 0.465 e. The van der Waals surface area contributed by atoms with Crippen molar-refractivity contribution in [1.82, 2.24) is 14.9 Å². The summed E-state index contributed by atoms with van der Waals surface area (Å²) in [5.41, 5.74) is 1.57. The number of nitro benzene ring substituents is 1. The third-order valence-corrected chi connectivity index (χ3v) is 6.07. The Hall–Kier alpha value is -4.19. The molecule has 2 aromatic carbocycles. The summed E-state index contributed by atoms with van der Waals surface area (Å²) in [6.07, 6.45) is -0.262. The van der Waals surface area contributed by atoms with Crippen LogP contribution in [0.3, 0.4) is 0 Å². The van der Waals surface area contributed by atoms with Gasteiger partial charge in [-0.3, -0.25) is 10.1 Å². The Balaban J connectivity index is 1.52. The van der Waals surface area contributed by atoms with E-state index in [0.717, 1.165) is 16.5 Å². The Morgan fingerprint density at radius 1 is 1.20 bits per heavy atom. The zero-order valence-corrected chi connectivity index (χ0v) is 19.9. The number of para-hydroxylation sites is 1. The average Bonchev–Trinajstić information content (AvgIpc) is 2.77. The standard InChI is InChI=1S/C26H27N5O4/c1-26(2,3)23-18(16-30(23)25(32)33)10-13-22-28-21-7-5-4-6-20(21)24(29-22)27-15-14-17-8-11-19(12-9-17)31(34)35/h4-9,11-12,18,23H,14-16H2,1-3H3,(H,32,33)(H,27,28,29). The Labute approximate surface area is 203 Å². The van der Waals surface area contributed by atoms with Gasteiger partial charge >= 0.3 is 6.09 Å². The number of hydrogen-bond acceptors (Lipinski definition) is 6. The van der Waals surface area contributed by atoms with E-state index in [-0.39, 0.29) is 23.1 Å². The molecule has 0 bridgehead atoms. The minimum atomic E-state index is -0.926. The minimum Gasteiger partial charge on any atom is -0.465 e. The van der Waals surface area contributed by atoms with Gasteiger partial charge in [-0.25, -0.2) is 14.8 Å². The van der Waals surface area contributed by atoms with E-state index in [9.17, 15) is 20.0 Å². The summed E-state index contributed by atoms with van der Waals surface area (Å²) in [4.78, 5) is 32.6. The fraction of sp³-hybridized carbons (Fsp3) is 0.346. The predicted molar refractivity (Wildman–Crippen MR) is 133 cm³/mol. The van der Waals surface area contributed by atoms with Gasteiger partial charge in [-0.05, 0) is 35.5 Å². The van der Waals surface area contributed by atoms with Crippen LogP contribution < -0.4 is 5.32 Å². The Kier molecular flexibility index (Phi) is 6.56. The van der Waals surface area contributed by atoms with Crippen LogP contribution in [0.1, 0.15) is 32.2 Å². The van der Waals surface area contributed by atoms with Gasteiger partial charge in [-0.1, -0.05) is 51.0 Å². The summed E-state index contributed by atoms with van der Waals surface area (Å²) >= 11 is 0. The number of anilines is 1. The van der Waals surface area contributed by atoms with Gasteiger partial charge in [0.1, 0.15) is 5.82 Å². The quantitative estimate of drug-likeness (QED) is 0.316. The second-order valence-corrected chi connectivity index (χ2v) is 9.63. The molecule has 3 aromatic rings. The monoisotopic (exact) mass is 473 g/mol. The summed E-state index contributed by atoms with van der Waals surface area (Å²) in [5, 5.41) is 24.5. The van der Waals surface area contributed by atoms with Crippen molar-refractivity contribution in [3.05, 3.63) is 70.0 Å². The number of fused-ring (bicyclic) bond motifs is 1. The van der Waals surface area contributed by atoms with Gasteiger partial charge < -0.3 is 15.3 Å². The van der Waals surface area contributed by atoms with Crippen molar-refractivity contribution in [2.24, 2.45) is 11.3 Å². The first kappa shape index (κ1) is 24.0. The number of benzene rings is 2. The van der Waals surface area contributed by atoms with Crippen LogP contribution in [0, 0.1) is 33.3 Å². The summed E-state index contributed by atoms with van der Waals surface area (Å²) in [6.45, 7) is 7.00. The molecular formula is C26H27N5O4. The highest BCUT2D eigenvalue weighted by molar-refractivity contribution is 5.89. The second-order valence-electron chi connectivity index (χ2n) is 9.63. The maximum absolute atomic E-state index is 11.5. The molecule has 1 aromatic heterocycles. The van der Waals surface area contributed by atoms with Crippen LogP contribution in [-0.4, -0.2) is 50.1 Å². The first-order chi connectivity index (χ1) is 16.6. The molecule has 1 aliphatic heterocycles. The highest BCUT2D eigenvalue weighted by atomic mass is 16.6. The predicted octanol–water partition coefficient (Wildman–Crippen LogP) is 4.57. The van der Waals surface area contributed by atoms with Crippen LogP contribution in [0.2, 0.25) is 0 Å². The number of non-ortho nitro benzene ring substituents is 1. The second kappa shape index (κ2) is 9.58. The third-order valence-electron chi connectivity index (χ3n) is 6.07. The Morgan fingerprint density at radius 2 is 1.91 bits per heavy atom. The number of nitrogens with one attached hydrogen (secondary N) is 1. The number of hydrogen-bond donors (Lipinski definition) is 2. The van der Waals surface area contributed by atoms with Crippen molar-refractivity contribution in [2.45, 2.75) is 33.2 Å². The summed E-state index contributed by atoms with van der Waals surface area (Å²) in [6, 6.07) is 14.0. The van der Waals surface area contributed by atoms with Gasteiger partial charge in [-0.2, -0.15) is 0 Å². The van der Waals surface area contributed by atoms with Crippen LogP contribution in [-0.2, 0) is 6.42 Å². The van der Waals surface area contributed by atoms with Crippen LogP contribution in [0.25, 0.3) is 10.9 Å². The van der Waals surface area contributed by atoms with E-state index < -0.39 is 11.0 Å². The minimum absolute atomic E-state index is 0.0679. The molecular weight excluding hydrogens is 446 g/mol. The maximum Gasteiger partial charge on any atom is 0.407 e. The van der Waals surface area contributed by atoms with Gasteiger partial charge in [0.15, 0.2) is 0 Å². The van der Waals surface area contributed by atoms with Crippen LogP contribution >= 0.6 is 0 Å². The van der Waals surface area contributed by atoms with Crippen molar-refractivity contribution < 1.29 is 14.8 Å². The molecule has 2 unspecified atom stereocenters. The molecule has 0 radical (unpaired) electrons. The molecule has 0 aliphatic carbocycles. The lowest BCUT2D eigenvalue weighted by molar-refractivity contribution is -0.384. The van der Waals surface area contributed by atoms with Gasteiger partial charge in [0.05, 0.1) is 22.4 Å². The molecule has 0 spiro atoms. The third kappa shape index (κ3) is 5.32. The number of amides is 1. The maximum atomic E-state index is 11.5. The van der Waals surface area contributed by atoms with E-state index >= 15 is 0 Å². The molecule has 1 amide bonds. The van der Waals surface area contributed by atoms with Gasteiger partial charge in [-0.15, -0.1) is 0 Å². The van der Waals surface area contributed by atoms with Crippen LogP contribution in [0.15, 0.2) is 48.5 Å². The first-order valence-corrected chi connectivity index (χ1v) is 11.4. The van der Waals surface area contributed by atoms with E-state index in [2.05, 4.69) is 27.1 Å². The molecule has 0 saturated carbocycles. The van der Waals surface area contributed by atoms with Gasteiger partial charge in [0.2, 0.25) is 5.82 Å². The molecule has 9 heteroatoms. The van der Waals surface area contributed by atoms with E-state index in [4.69, 9.17) is 0 Å². The average molecular weight is 474 g/mol. The highest BCUT2D eigenvalue weighted by Crippen LogP contribution is 2.38. The number of nitro groups is 1. The van der Waals surface area contributed by atoms with Crippen LogP contribution in [0.5, 0.6) is 0 Å². The Bertz CT molecular complexity index is 1320. The van der Waals surface area contributed by atoms with Crippen molar-refractivity contribution >= 4 is 28.5 Å². The zero-order valence-electron chi connectivity index (χ0n) is 19.9. The lowest BCUT2D eigenvalue weighted by atomic mass is 9.72. The summed E-state index contributed by atoms with van der Waals surface area (Å²) < 4.78 is 0. The lowest BCUT2D eigenvalue weighted by Gasteiger charge is -2.50. The molecule has 2 heterocycles. The SMILES string of the molecule is CC(C)(C)C1C(C#Cc2nc(NCCc3ccc([N+](=O)[O-])cc3)c3ccccc3n2)CN1C(=O)O. The van der Waals surface area contributed by atoms with Crippen LogP contribution in [0.4, 0.5) is 16.3 Å². The first-order valence-electron chi connectivity index (χ1n) is 11.4. The van der Waals surface area contributed by atoms with E-state index in [1.165, 1.54) is 17.0 Å². The van der Waals surface area contributed by atoms with Crippen molar-refractivity contribution in [3.8, 4) is 11.8 Å². The molecule has 9 nitrogen and oxygen atoms in total. The number of carbonyl (C=O) groups is 1. The summed E-state index contributed by atoms with van der Waals surface area (Å²) in [5.74, 6) is 7.23. The molecule has 2 atom stereocenters. The molecule has 1 saturated heterocycles. The zero-order chi connectivity index (χ0) is 25.2. The number of nitrogens with zero attached hydrogens (tertiary/aromatic N) is 4. The fourth-order valence-corrected chi connectivity index (χ4v) is 4.43. The Morgan fingerprint density at radius 3 is 2.57 bits per heavy atom. The topological polar surface area (TPSA) is 121 Å². The molecule has 35 heavy (non-hydrogen) atoms. The van der Waals surface area contributed by atoms with Crippen molar-refractivity contribution in [3.63, 3.8) is 0 Å². The molecule has 1 aliphatic rings. The van der Waals surface area contributed by atoms with Gasteiger partial charge in [0, 0.05) is 30.6 Å². The number of aromatic nitrogens is 2. The van der Waals surface area contributed by atoms with E-state index in [0.29, 0.717) is 31.2 Å². The number of likely N-dealkylation sites (tertiary alicyclic amines) is 1. The molecule has 1 fully saturated rings. The number of rotatable bonds is 5. The van der Waals surface area contributed by atoms with Crippen molar-refractivity contribution in [2.75, 3.05) is 18.4 Å². The molecule has 180 valence electrons.